The summed E-state index contributed by atoms with van der Waals surface area (Å²) in [6, 6.07) is 7.14. The second-order valence-corrected chi connectivity index (χ2v) is 3.95. The maximum absolute atomic E-state index is 8.79. The number of hydrogen-bond acceptors (Lipinski definition) is 4. The van der Waals surface area contributed by atoms with E-state index in [2.05, 4.69) is 21.7 Å². The molecule has 1 aromatic heterocycles. The van der Waals surface area contributed by atoms with Gasteiger partial charge in [0.15, 0.2) is 0 Å². The molecule has 6 heteroatoms. The lowest BCUT2D eigenvalue weighted by atomic mass is 10.2. The van der Waals surface area contributed by atoms with Gasteiger partial charge in [-0.1, -0.05) is 16.8 Å². The molecule has 2 rings (SSSR count). The van der Waals surface area contributed by atoms with Gasteiger partial charge in [0.2, 0.25) is 0 Å². The summed E-state index contributed by atoms with van der Waals surface area (Å²) in [5.74, 6) is 0. The predicted molar refractivity (Wildman–Crippen MR) is 64.5 cm³/mol. The van der Waals surface area contributed by atoms with Crippen LogP contribution in [-0.2, 0) is 13.6 Å². The molecule has 0 saturated carbocycles. The van der Waals surface area contributed by atoms with Gasteiger partial charge in [-0.25, -0.2) is 0 Å². The van der Waals surface area contributed by atoms with Crippen LogP contribution in [-0.4, -0.2) is 15.0 Å². The Labute approximate surface area is 104 Å². The lowest BCUT2D eigenvalue weighted by Crippen LogP contribution is -2.00. The van der Waals surface area contributed by atoms with Crippen molar-refractivity contribution in [3.8, 4) is 6.07 Å². The third-order valence-corrected chi connectivity index (χ3v) is 2.54. The van der Waals surface area contributed by atoms with E-state index < -0.39 is 0 Å². The van der Waals surface area contributed by atoms with Gasteiger partial charge in [0.25, 0.3) is 0 Å². The molecule has 0 aliphatic rings. The Balaban J connectivity index is 2.11. The second-order valence-electron chi connectivity index (χ2n) is 3.54. The minimum Gasteiger partial charge on any atom is -0.378 e. The zero-order valence-corrected chi connectivity index (χ0v) is 9.94. The van der Waals surface area contributed by atoms with Crippen molar-refractivity contribution in [1.82, 2.24) is 15.0 Å². The molecule has 1 heterocycles. The maximum Gasteiger partial charge on any atom is 0.102 e. The molecular formula is C11H10ClN5. The summed E-state index contributed by atoms with van der Waals surface area (Å²) in [5.41, 5.74) is 2.10. The highest BCUT2D eigenvalue weighted by Gasteiger charge is 2.03. The van der Waals surface area contributed by atoms with Crippen molar-refractivity contribution in [3.63, 3.8) is 0 Å². The van der Waals surface area contributed by atoms with Crippen molar-refractivity contribution in [3.05, 3.63) is 40.7 Å². The van der Waals surface area contributed by atoms with Gasteiger partial charge in [-0.05, 0) is 18.2 Å². The number of nitriles is 1. The topological polar surface area (TPSA) is 66.5 Å². The number of benzene rings is 1. The van der Waals surface area contributed by atoms with Gasteiger partial charge in [-0.2, -0.15) is 5.26 Å². The number of rotatable bonds is 3. The average molecular weight is 248 g/mol. The van der Waals surface area contributed by atoms with Crippen molar-refractivity contribution in [1.29, 1.82) is 5.26 Å². The van der Waals surface area contributed by atoms with E-state index in [0.29, 0.717) is 17.1 Å². The zero-order chi connectivity index (χ0) is 12.3. The number of nitrogens with one attached hydrogen (secondary N) is 1. The first-order chi connectivity index (χ1) is 8.19. The number of halogens is 1. The van der Waals surface area contributed by atoms with Crippen LogP contribution in [0.4, 0.5) is 5.69 Å². The molecule has 0 saturated heterocycles. The quantitative estimate of drug-likeness (QED) is 0.900. The molecule has 1 aromatic carbocycles. The molecule has 0 unspecified atom stereocenters. The largest absolute Gasteiger partial charge is 0.378 e. The monoisotopic (exact) mass is 247 g/mol. The minimum atomic E-state index is 0.516. The molecule has 0 bridgehead atoms. The Morgan fingerprint density at radius 1 is 1.53 bits per heavy atom. The first-order valence-electron chi connectivity index (χ1n) is 4.98. The summed E-state index contributed by atoms with van der Waals surface area (Å²) in [5, 5.41) is 20.3. The molecule has 17 heavy (non-hydrogen) atoms. The molecule has 0 aliphatic heterocycles. The zero-order valence-electron chi connectivity index (χ0n) is 9.18. The van der Waals surface area contributed by atoms with Crippen LogP contribution in [0.15, 0.2) is 24.4 Å². The maximum atomic E-state index is 8.79. The normalized spacial score (nSPS) is 9.94. The Morgan fingerprint density at radius 2 is 2.35 bits per heavy atom. The third kappa shape index (κ3) is 2.74. The smallest absolute Gasteiger partial charge is 0.102 e. The Bertz CT molecular complexity index is 569. The summed E-state index contributed by atoms with van der Waals surface area (Å²) < 4.78 is 1.63. The van der Waals surface area contributed by atoms with Crippen LogP contribution in [0.25, 0.3) is 0 Å². The fourth-order valence-corrected chi connectivity index (χ4v) is 1.58. The van der Waals surface area contributed by atoms with Crippen molar-refractivity contribution in [2.75, 3.05) is 5.32 Å². The molecule has 0 amide bonds. The van der Waals surface area contributed by atoms with Gasteiger partial charge in [0, 0.05) is 13.2 Å². The van der Waals surface area contributed by atoms with Gasteiger partial charge in [-0.3, -0.25) is 4.68 Å². The highest BCUT2D eigenvalue weighted by atomic mass is 35.5. The van der Waals surface area contributed by atoms with E-state index in [1.165, 1.54) is 0 Å². The Kier molecular flexibility index (Phi) is 3.26. The molecule has 0 radical (unpaired) electrons. The van der Waals surface area contributed by atoms with E-state index in [9.17, 15) is 0 Å². The van der Waals surface area contributed by atoms with E-state index >= 15 is 0 Å². The molecule has 86 valence electrons. The van der Waals surface area contributed by atoms with Crippen LogP contribution >= 0.6 is 11.6 Å². The fourth-order valence-electron chi connectivity index (χ4n) is 1.39. The first-order valence-corrected chi connectivity index (χ1v) is 5.35. The lowest BCUT2D eigenvalue weighted by Gasteiger charge is -2.06. The summed E-state index contributed by atoms with van der Waals surface area (Å²) in [6.07, 6.45) is 1.81. The number of hydrogen-bond donors (Lipinski definition) is 1. The number of nitrogens with zero attached hydrogens (tertiary/aromatic N) is 4. The SMILES string of the molecule is Cn1cc(CNc2cc(C#N)ccc2Cl)nn1. The lowest BCUT2D eigenvalue weighted by molar-refractivity contribution is 0.713. The number of aromatic nitrogens is 3. The molecule has 0 aliphatic carbocycles. The average Bonchev–Trinajstić information content (AvgIpc) is 2.74. The van der Waals surface area contributed by atoms with Crippen LogP contribution in [0.1, 0.15) is 11.3 Å². The highest BCUT2D eigenvalue weighted by molar-refractivity contribution is 6.33. The van der Waals surface area contributed by atoms with Gasteiger partial charge in [0.05, 0.1) is 28.9 Å². The third-order valence-electron chi connectivity index (χ3n) is 2.21. The summed E-state index contributed by atoms with van der Waals surface area (Å²) in [4.78, 5) is 0. The molecule has 2 aromatic rings. The Hall–Kier alpha value is -2.06. The van der Waals surface area contributed by atoms with E-state index in [-0.39, 0.29) is 0 Å². The van der Waals surface area contributed by atoms with Crippen molar-refractivity contribution < 1.29 is 0 Å². The van der Waals surface area contributed by atoms with Crippen LogP contribution in [0.5, 0.6) is 0 Å². The van der Waals surface area contributed by atoms with Crippen molar-refractivity contribution in [2.45, 2.75) is 6.54 Å². The fraction of sp³-hybridized carbons (Fsp3) is 0.182. The summed E-state index contributed by atoms with van der Waals surface area (Å²) >= 11 is 6.01. The van der Waals surface area contributed by atoms with Crippen LogP contribution in [0.3, 0.4) is 0 Å². The van der Waals surface area contributed by atoms with Crippen LogP contribution in [0, 0.1) is 11.3 Å². The summed E-state index contributed by atoms with van der Waals surface area (Å²) in [7, 11) is 1.81. The standard InChI is InChI=1S/C11H10ClN5/c1-17-7-9(15-16-17)6-14-11-4-8(5-13)2-3-10(11)12/h2-4,7,14H,6H2,1H3. The van der Waals surface area contributed by atoms with Gasteiger partial charge >= 0.3 is 0 Å². The predicted octanol–water partition coefficient (Wildman–Crippen LogP) is 1.95. The molecule has 1 N–H and O–H groups in total. The molecule has 5 nitrogen and oxygen atoms in total. The van der Waals surface area contributed by atoms with E-state index in [4.69, 9.17) is 16.9 Å². The van der Waals surface area contributed by atoms with E-state index in [0.717, 1.165) is 11.4 Å². The number of anilines is 1. The van der Waals surface area contributed by atoms with E-state index in [1.54, 1.807) is 29.9 Å². The number of aryl methyl sites for hydroxylation is 1. The molecule has 0 fully saturated rings. The van der Waals surface area contributed by atoms with Gasteiger partial charge in [-0.15, -0.1) is 5.10 Å². The van der Waals surface area contributed by atoms with Crippen molar-refractivity contribution >= 4 is 17.3 Å². The molecule has 0 atom stereocenters. The minimum absolute atomic E-state index is 0.516. The van der Waals surface area contributed by atoms with Crippen LogP contribution < -0.4 is 5.32 Å². The van der Waals surface area contributed by atoms with Crippen LogP contribution in [0.2, 0.25) is 5.02 Å². The summed E-state index contributed by atoms with van der Waals surface area (Å²) in [6.45, 7) is 0.516. The van der Waals surface area contributed by atoms with Gasteiger partial charge < -0.3 is 5.32 Å². The Morgan fingerprint density at radius 3 is 3.00 bits per heavy atom. The second kappa shape index (κ2) is 4.85. The van der Waals surface area contributed by atoms with E-state index in [1.807, 2.05) is 6.20 Å². The van der Waals surface area contributed by atoms with Gasteiger partial charge in [0.1, 0.15) is 5.69 Å². The molecule has 0 spiro atoms. The highest BCUT2D eigenvalue weighted by Crippen LogP contribution is 2.23. The van der Waals surface area contributed by atoms with Crippen molar-refractivity contribution in [2.24, 2.45) is 7.05 Å². The first kappa shape index (κ1) is 11.4. The molecular weight excluding hydrogens is 238 g/mol.